The molecule has 0 saturated heterocycles. The molecule has 0 aliphatic rings. The molecule has 0 spiro atoms. The number of hydrogen-bond donors (Lipinski definition) is 0. The molecule has 0 amide bonds. The van der Waals surface area contributed by atoms with E-state index in [9.17, 15) is 0 Å². The van der Waals surface area contributed by atoms with E-state index >= 15 is 0 Å². The van der Waals surface area contributed by atoms with Gasteiger partial charge in [-0.3, -0.25) is 9.97 Å². The largest absolute Gasteiger partial charge is 0.435 e. The lowest BCUT2D eigenvalue weighted by atomic mass is 10.1. The monoisotopic (exact) mass is 514 g/mol. The van der Waals surface area contributed by atoms with E-state index in [1.165, 1.54) is 10.8 Å². The van der Waals surface area contributed by atoms with E-state index < -0.39 is 0 Å². The highest BCUT2D eigenvalue weighted by molar-refractivity contribution is 6.10. The van der Waals surface area contributed by atoms with Crippen LogP contribution in [0.4, 0.5) is 0 Å². The van der Waals surface area contributed by atoms with Crippen molar-refractivity contribution in [3.8, 4) is 39.5 Å². The predicted molar refractivity (Wildman–Crippen MR) is 160 cm³/mol. The summed E-state index contributed by atoms with van der Waals surface area (Å²) in [6, 6.07) is 39.5. The maximum Gasteiger partial charge on any atom is 0.227 e. The molecular weight excluding hydrogens is 492 g/mol. The maximum atomic E-state index is 6.44. The van der Waals surface area contributed by atoms with Crippen molar-refractivity contribution in [1.29, 1.82) is 0 Å². The van der Waals surface area contributed by atoms with Crippen molar-refractivity contribution < 1.29 is 4.42 Å². The fraction of sp³-hybridized carbons (Fsp3) is 0. The minimum atomic E-state index is 0.595. The predicted octanol–water partition coefficient (Wildman–Crippen LogP) is 8.72. The molecule has 4 aromatic heterocycles. The Kier molecular flexibility index (Phi) is 5.07. The summed E-state index contributed by atoms with van der Waals surface area (Å²) in [4.78, 5) is 13.6. The fourth-order valence-corrected chi connectivity index (χ4v) is 5.55. The third-order valence-corrected chi connectivity index (χ3v) is 7.39. The normalized spacial score (nSPS) is 11.5. The molecule has 188 valence electrons. The van der Waals surface area contributed by atoms with Crippen LogP contribution in [0.1, 0.15) is 0 Å². The second-order valence-electron chi connectivity index (χ2n) is 9.76. The van der Waals surface area contributed by atoms with Crippen molar-refractivity contribution in [2.24, 2.45) is 0 Å². The molecule has 8 rings (SSSR count). The number of rotatable bonds is 4. The smallest absolute Gasteiger partial charge is 0.227 e. The van der Waals surface area contributed by atoms with Crippen LogP contribution >= 0.6 is 0 Å². The van der Waals surface area contributed by atoms with Gasteiger partial charge in [0.2, 0.25) is 5.89 Å². The number of nitrogens with zero attached hydrogens (tertiary/aromatic N) is 4. The summed E-state index contributed by atoms with van der Waals surface area (Å²) in [7, 11) is 0. The lowest BCUT2D eigenvalue weighted by Crippen LogP contribution is -1.95. The quantitative estimate of drug-likeness (QED) is 0.236. The Morgan fingerprint density at radius 1 is 0.575 bits per heavy atom. The van der Waals surface area contributed by atoms with Crippen LogP contribution in [0.25, 0.3) is 72.4 Å². The average molecular weight is 515 g/mol. The molecule has 0 atom stereocenters. The Bertz CT molecular complexity index is 2160. The summed E-state index contributed by atoms with van der Waals surface area (Å²) in [6.45, 7) is 0. The summed E-state index contributed by atoms with van der Waals surface area (Å²) in [6.07, 6.45) is 5.41. The first-order chi connectivity index (χ1) is 19.8. The first-order valence-corrected chi connectivity index (χ1v) is 13.2. The highest BCUT2D eigenvalue weighted by Crippen LogP contribution is 2.37. The highest BCUT2D eigenvalue weighted by atomic mass is 16.3. The first-order valence-electron chi connectivity index (χ1n) is 13.2. The van der Waals surface area contributed by atoms with Crippen molar-refractivity contribution in [3.63, 3.8) is 0 Å². The van der Waals surface area contributed by atoms with Crippen LogP contribution in [0, 0.1) is 0 Å². The standard InChI is InChI=1S/C35H22N4O/c1-2-13-32-28(9-1)29-15-14-25(35-38-31-12-6-10-27(34(31)40-35)23-16-19-36-20-17-23)22-33(29)39(32)26-8-5-7-24(21-26)30-11-3-4-18-37-30/h1-22H. The number of benzene rings is 4. The van der Waals surface area contributed by atoms with E-state index in [-0.39, 0.29) is 0 Å². The Balaban J connectivity index is 1.33. The zero-order valence-corrected chi connectivity index (χ0v) is 21.4. The molecule has 40 heavy (non-hydrogen) atoms. The molecule has 4 aromatic carbocycles. The topological polar surface area (TPSA) is 56.7 Å². The molecule has 5 heteroatoms. The van der Waals surface area contributed by atoms with Gasteiger partial charge in [-0.15, -0.1) is 0 Å². The van der Waals surface area contributed by atoms with Gasteiger partial charge in [-0.25, -0.2) is 4.98 Å². The molecule has 0 aliphatic heterocycles. The van der Waals surface area contributed by atoms with Gasteiger partial charge in [0.1, 0.15) is 5.52 Å². The van der Waals surface area contributed by atoms with E-state index in [0.717, 1.165) is 55.8 Å². The van der Waals surface area contributed by atoms with Gasteiger partial charge in [-0.05, 0) is 66.2 Å². The summed E-state index contributed by atoms with van der Waals surface area (Å²) in [5, 5.41) is 2.38. The van der Waals surface area contributed by atoms with Crippen molar-refractivity contribution in [1.82, 2.24) is 19.5 Å². The minimum Gasteiger partial charge on any atom is -0.435 e. The Morgan fingerprint density at radius 2 is 1.43 bits per heavy atom. The van der Waals surface area contributed by atoms with Gasteiger partial charge in [-0.2, -0.15) is 0 Å². The van der Waals surface area contributed by atoms with Crippen molar-refractivity contribution in [2.75, 3.05) is 0 Å². The third kappa shape index (κ3) is 3.60. The summed E-state index contributed by atoms with van der Waals surface area (Å²) in [5.74, 6) is 0.595. The van der Waals surface area contributed by atoms with Crippen LogP contribution in [0.2, 0.25) is 0 Å². The van der Waals surface area contributed by atoms with Gasteiger partial charge in [0.15, 0.2) is 5.58 Å². The van der Waals surface area contributed by atoms with Gasteiger partial charge in [0.05, 0.1) is 16.7 Å². The summed E-state index contributed by atoms with van der Waals surface area (Å²) < 4.78 is 8.75. The summed E-state index contributed by atoms with van der Waals surface area (Å²) >= 11 is 0. The van der Waals surface area contributed by atoms with E-state index in [1.807, 2.05) is 48.7 Å². The Hall–Kier alpha value is -5.55. The number of hydrogen-bond acceptors (Lipinski definition) is 4. The van der Waals surface area contributed by atoms with Gasteiger partial charge in [0.25, 0.3) is 0 Å². The van der Waals surface area contributed by atoms with E-state index in [0.29, 0.717) is 5.89 Å². The number of para-hydroxylation sites is 2. The molecule has 0 saturated carbocycles. The number of aromatic nitrogens is 4. The third-order valence-electron chi connectivity index (χ3n) is 7.39. The molecule has 0 aliphatic carbocycles. The molecule has 0 fully saturated rings. The van der Waals surface area contributed by atoms with Crippen LogP contribution in [0.3, 0.4) is 0 Å². The van der Waals surface area contributed by atoms with E-state index in [1.54, 1.807) is 12.4 Å². The fourth-order valence-electron chi connectivity index (χ4n) is 5.55. The zero-order chi connectivity index (χ0) is 26.5. The first kappa shape index (κ1) is 22.4. The maximum absolute atomic E-state index is 6.44. The SMILES string of the molecule is c1ccc(-c2cccc(-n3c4ccccc4c4ccc(-c5nc6cccc(-c7ccncc7)c6o5)cc43)c2)nc1. The van der Waals surface area contributed by atoms with Crippen molar-refractivity contribution in [3.05, 3.63) is 134 Å². The Morgan fingerprint density at radius 3 is 2.33 bits per heavy atom. The van der Waals surface area contributed by atoms with Crippen LogP contribution < -0.4 is 0 Å². The summed E-state index contributed by atoms with van der Waals surface area (Å²) in [5.41, 5.74) is 9.90. The molecule has 4 heterocycles. The Labute approximate surface area is 230 Å². The van der Waals surface area contributed by atoms with Crippen molar-refractivity contribution >= 4 is 32.9 Å². The van der Waals surface area contributed by atoms with E-state index in [2.05, 4.69) is 87.3 Å². The zero-order valence-electron chi connectivity index (χ0n) is 21.4. The number of pyridine rings is 2. The van der Waals surface area contributed by atoms with E-state index in [4.69, 9.17) is 9.40 Å². The van der Waals surface area contributed by atoms with Crippen LogP contribution in [0.15, 0.2) is 138 Å². The molecule has 0 bridgehead atoms. The molecule has 8 aromatic rings. The second-order valence-corrected chi connectivity index (χ2v) is 9.76. The highest BCUT2D eigenvalue weighted by Gasteiger charge is 2.17. The molecule has 5 nitrogen and oxygen atoms in total. The molecule has 0 N–H and O–H groups in total. The molecule has 0 unspecified atom stereocenters. The van der Waals surface area contributed by atoms with Gasteiger partial charge in [-0.1, -0.05) is 54.6 Å². The average Bonchev–Trinajstić information content (AvgIpc) is 3.61. The number of oxazole rings is 1. The van der Waals surface area contributed by atoms with Crippen LogP contribution in [0.5, 0.6) is 0 Å². The second kappa shape index (κ2) is 9.03. The minimum absolute atomic E-state index is 0.595. The number of fused-ring (bicyclic) bond motifs is 4. The molecular formula is C35H22N4O. The lowest BCUT2D eigenvalue weighted by Gasteiger charge is -2.10. The van der Waals surface area contributed by atoms with Crippen LogP contribution in [-0.2, 0) is 0 Å². The van der Waals surface area contributed by atoms with Crippen molar-refractivity contribution in [2.45, 2.75) is 0 Å². The van der Waals surface area contributed by atoms with Gasteiger partial charge in [0, 0.05) is 51.7 Å². The van der Waals surface area contributed by atoms with Gasteiger partial charge < -0.3 is 8.98 Å². The van der Waals surface area contributed by atoms with Crippen LogP contribution in [-0.4, -0.2) is 19.5 Å². The molecule has 0 radical (unpaired) electrons. The lowest BCUT2D eigenvalue weighted by molar-refractivity contribution is 0.621. The van der Waals surface area contributed by atoms with Gasteiger partial charge >= 0.3 is 0 Å².